The van der Waals surface area contributed by atoms with Crippen LogP contribution in [-0.2, 0) is 4.79 Å². The largest absolute Gasteiger partial charge is 0.368 e. The topological polar surface area (TPSA) is 68.0 Å². The molecule has 0 saturated carbocycles. The van der Waals surface area contributed by atoms with Gasteiger partial charge in [0.25, 0.3) is 11.9 Å². The number of hydrogen-bond donors (Lipinski definition) is 2. The van der Waals surface area contributed by atoms with Crippen LogP contribution in [-0.4, -0.2) is 16.9 Å². The number of anilines is 1. The Bertz CT molecular complexity index is 452. The van der Waals surface area contributed by atoms with Crippen LogP contribution in [0.1, 0.15) is 13.8 Å². The van der Waals surface area contributed by atoms with E-state index in [1.165, 1.54) is 0 Å². The van der Waals surface area contributed by atoms with Gasteiger partial charge in [-0.15, -0.1) is 0 Å². The fraction of sp³-hybridized carbons (Fsp3) is 0.400. The Kier molecular flexibility index (Phi) is 4.10. The highest BCUT2D eigenvalue weighted by Gasteiger charge is 2.26. The number of amides is 1. The van der Waals surface area contributed by atoms with Gasteiger partial charge in [0.05, 0.1) is 0 Å². The van der Waals surface area contributed by atoms with Gasteiger partial charge >= 0.3 is 0 Å². The predicted octanol–water partition coefficient (Wildman–Crippen LogP) is 1.56. The molecule has 1 aromatic heterocycles. The van der Waals surface area contributed by atoms with Gasteiger partial charge in [-0.1, -0.05) is 13.8 Å². The molecule has 4 nitrogen and oxygen atoms in total. The lowest BCUT2D eigenvalue weighted by molar-refractivity contribution is -0.119. The number of carbonyl (C=O) groups is 1. The second-order valence-electron chi connectivity index (χ2n) is 3.96. The van der Waals surface area contributed by atoms with Gasteiger partial charge in [0.1, 0.15) is 11.7 Å². The fourth-order valence-corrected chi connectivity index (χ4v) is 1.34. The summed E-state index contributed by atoms with van der Waals surface area (Å²) >= 11 is 0. The van der Waals surface area contributed by atoms with Crippen LogP contribution in [0.5, 0.6) is 0 Å². The molecule has 0 aliphatic carbocycles. The molecule has 100 valence electrons. The molecule has 3 N–H and O–H groups in total. The van der Waals surface area contributed by atoms with E-state index in [0.717, 1.165) is 0 Å². The number of primary amides is 1. The number of carbonyl (C=O) groups excluding carboxylic acids is 1. The summed E-state index contributed by atoms with van der Waals surface area (Å²) in [6.45, 7) is 3.10. The van der Waals surface area contributed by atoms with Gasteiger partial charge in [-0.25, -0.2) is 0 Å². The van der Waals surface area contributed by atoms with Crippen LogP contribution in [0.25, 0.3) is 0 Å². The van der Waals surface area contributed by atoms with Crippen LogP contribution in [0.2, 0.25) is 0 Å². The maximum absolute atomic E-state index is 13.3. The molecule has 0 saturated heterocycles. The van der Waals surface area contributed by atoms with Gasteiger partial charge in [0, 0.05) is 0 Å². The summed E-state index contributed by atoms with van der Waals surface area (Å²) in [5.41, 5.74) is 3.91. The summed E-state index contributed by atoms with van der Waals surface area (Å²) in [6.07, 6.45) is 0. The Morgan fingerprint density at radius 3 is 1.94 bits per heavy atom. The first-order chi connectivity index (χ1) is 8.25. The van der Waals surface area contributed by atoms with Crippen molar-refractivity contribution in [2.45, 2.75) is 19.9 Å². The first kappa shape index (κ1) is 14.2. The Morgan fingerprint density at radius 1 is 1.17 bits per heavy atom. The molecular weight excluding hydrogens is 254 g/mol. The second-order valence-corrected chi connectivity index (χ2v) is 3.96. The third-order valence-electron chi connectivity index (χ3n) is 2.27. The lowest BCUT2D eigenvalue weighted by Gasteiger charge is -2.20. The molecule has 1 amide bonds. The Morgan fingerprint density at radius 2 is 1.61 bits per heavy atom. The molecule has 0 bridgehead atoms. The van der Waals surface area contributed by atoms with E-state index in [1.54, 1.807) is 13.8 Å². The first-order valence-corrected chi connectivity index (χ1v) is 5.01. The molecule has 1 unspecified atom stereocenters. The number of nitrogens with one attached hydrogen (secondary N) is 1. The normalized spacial score (nSPS) is 12.6. The van der Waals surface area contributed by atoms with Crippen molar-refractivity contribution >= 4 is 11.6 Å². The third-order valence-corrected chi connectivity index (χ3v) is 2.27. The van der Waals surface area contributed by atoms with E-state index in [9.17, 15) is 22.4 Å². The van der Waals surface area contributed by atoms with E-state index >= 15 is 0 Å². The smallest absolute Gasteiger partial charge is 0.253 e. The molecule has 1 heterocycles. The molecule has 0 aliphatic rings. The maximum atomic E-state index is 13.3. The maximum Gasteiger partial charge on any atom is 0.253 e. The van der Waals surface area contributed by atoms with E-state index in [-0.39, 0.29) is 0 Å². The van der Waals surface area contributed by atoms with Crippen molar-refractivity contribution in [2.75, 3.05) is 5.32 Å². The van der Waals surface area contributed by atoms with Crippen molar-refractivity contribution in [1.29, 1.82) is 0 Å². The molecular formula is C10H11F4N3O. The lowest BCUT2D eigenvalue weighted by Crippen LogP contribution is -2.40. The van der Waals surface area contributed by atoms with Crippen molar-refractivity contribution in [3.8, 4) is 0 Å². The predicted molar refractivity (Wildman–Crippen MR) is 55.5 cm³/mol. The zero-order valence-electron chi connectivity index (χ0n) is 9.60. The molecule has 0 fully saturated rings. The highest BCUT2D eigenvalue weighted by atomic mass is 19.2. The molecule has 0 radical (unpaired) electrons. The summed E-state index contributed by atoms with van der Waals surface area (Å²) in [4.78, 5) is 13.4. The molecule has 1 rings (SSSR count). The molecule has 0 spiro atoms. The summed E-state index contributed by atoms with van der Waals surface area (Å²) < 4.78 is 52.2. The van der Waals surface area contributed by atoms with Crippen molar-refractivity contribution in [3.05, 3.63) is 23.5 Å². The van der Waals surface area contributed by atoms with E-state index in [4.69, 9.17) is 5.73 Å². The van der Waals surface area contributed by atoms with E-state index in [2.05, 4.69) is 10.3 Å². The van der Waals surface area contributed by atoms with Crippen molar-refractivity contribution in [2.24, 2.45) is 11.7 Å². The Balaban J connectivity index is 3.21. The summed E-state index contributed by atoms with van der Waals surface area (Å²) in [5, 5.41) is 2.05. The Hall–Kier alpha value is -1.86. The van der Waals surface area contributed by atoms with Gasteiger partial charge < -0.3 is 11.1 Å². The number of aromatic nitrogens is 1. The van der Waals surface area contributed by atoms with E-state index in [1.807, 2.05) is 0 Å². The van der Waals surface area contributed by atoms with Crippen LogP contribution < -0.4 is 11.1 Å². The van der Waals surface area contributed by atoms with Crippen LogP contribution in [0.4, 0.5) is 23.2 Å². The lowest BCUT2D eigenvalue weighted by atomic mass is 10.0. The minimum atomic E-state index is -1.80. The highest BCUT2D eigenvalue weighted by molar-refractivity contribution is 5.83. The van der Waals surface area contributed by atoms with Crippen molar-refractivity contribution < 1.29 is 22.4 Å². The van der Waals surface area contributed by atoms with Crippen LogP contribution >= 0.6 is 0 Å². The first-order valence-electron chi connectivity index (χ1n) is 5.01. The molecule has 8 heteroatoms. The average molecular weight is 265 g/mol. The van der Waals surface area contributed by atoms with Crippen molar-refractivity contribution in [1.82, 2.24) is 4.98 Å². The molecule has 1 aromatic rings. The monoisotopic (exact) mass is 265 g/mol. The molecule has 0 aromatic carbocycles. The molecule has 0 aliphatic heterocycles. The summed E-state index contributed by atoms with van der Waals surface area (Å²) in [6, 6.07) is -1.17. The number of hydrogen-bond acceptors (Lipinski definition) is 3. The zero-order valence-corrected chi connectivity index (χ0v) is 9.60. The van der Waals surface area contributed by atoms with Gasteiger partial charge in [-0.3, -0.25) is 4.79 Å². The zero-order chi connectivity index (χ0) is 14.0. The van der Waals surface area contributed by atoms with Gasteiger partial charge in [-0.05, 0) is 5.92 Å². The summed E-state index contributed by atoms with van der Waals surface area (Å²) in [7, 11) is 0. The van der Waals surface area contributed by atoms with Gasteiger partial charge in [0.15, 0.2) is 0 Å². The fourth-order valence-electron chi connectivity index (χ4n) is 1.34. The number of nitrogens with two attached hydrogens (primary N) is 1. The number of rotatable bonds is 4. The Labute approximate surface area is 100 Å². The minimum absolute atomic E-state index is 0.430. The van der Waals surface area contributed by atoms with Crippen LogP contribution in [0, 0.1) is 29.4 Å². The molecule has 1 atom stereocenters. The highest BCUT2D eigenvalue weighted by Crippen LogP contribution is 2.23. The number of halogens is 4. The number of nitrogens with zero attached hydrogens (tertiary/aromatic N) is 1. The standard InChI is InChI=1S/C10H11F4N3O/c1-3(2)6(10(15)18)16-7-4(11)8(13)17-9(14)5(7)12/h3,6H,1-2H3,(H2,15,18)(H,16,17). The van der Waals surface area contributed by atoms with Crippen LogP contribution in [0.3, 0.4) is 0 Å². The average Bonchev–Trinajstić information content (AvgIpc) is 2.25. The quantitative estimate of drug-likeness (QED) is 0.641. The molecule has 18 heavy (non-hydrogen) atoms. The number of pyridine rings is 1. The summed E-state index contributed by atoms with van der Waals surface area (Å²) in [5.74, 6) is -8.35. The third kappa shape index (κ3) is 2.69. The van der Waals surface area contributed by atoms with E-state index < -0.39 is 47.1 Å². The van der Waals surface area contributed by atoms with Crippen LogP contribution in [0.15, 0.2) is 0 Å². The van der Waals surface area contributed by atoms with E-state index in [0.29, 0.717) is 0 Å². The second kappa shape index (κ2) is 5.19. The van der Waals surface area contributed by atoms with Gasteiger partial charge in [-0.2, -0.15) is 22.5 Å². The SMILES string of the molecule is CC(C)C(Nc1c(F)c(F)nc(F)c1F)C(N)=O. The van der Waals surface area contributed by atoms with Crippen molar-refractivity contribution in [3.63, 3.8) is 0 Å². The minimum Gasteiger partial charge on any atom is -0.368 e. The van der Waals surface area contributed by atoms with Gasteiger partial charge in [0.2, 0.25) is 17.5 Å².